The van der Waals surface area contributed by atoms with Gasteiger partial charge in [0.15, 0.2) is 0 Å². The fraction of sp³-hybridized carbons (Fsp3) is 0.312. The van der Waals surface area contributed by atoms with Gasteiger partial charge in [0.05, 0.1) is 5.41 Å². The number of carbonyl (C=O) groups excluding carboxylic acids is 1. The zero-order valence-corrected chi connectivity index (χ0v) is 11.3. The minimum absolute atomic E-state index is 0.213. The average molecular weight is 242 g/mol. The first-order valence-electron chi connectivity index (χ1n) is 6.09. The number of fused-ring (bicyclic) bond motifs is 1. The Morgan fingerprint density at radius 2 is 1.67 bits per heavy atom. The smallest absolute Gasteiger partial charge is 0.316 e. The molecule has 0 N–H and O–H groups in total. The van der Waals surface area contributed by atoms with Crippen molar-refractivity contribution < 1.29 is 9.53 Å². The Morgan fingerprint density at radius 3 is 2.33 bits per heavy atom. The molecule has 0 aromatic heterocycles. The van der Waals surface area contributed by atoms with Crippen LogP contribution in [0, 0.1) is 12.3 Å². The van der Waals surface area contributed by atoms with Gasteiger partial charge in [-0.3, -0.25) is 4.79 Å². The van der Waals surface area contributed by atoms with E-state index in [0.29, 0.717) is 5.75 Å². The number of rotatable bonds is 1. The van der Waals surface area contributed by atoms with Crippen LogP contribution in [0.2, 0.25) is 0 Å². The van der Waals surface area contributed by atoms with Gasteiger partial charge in [-0.15, -0.1) is 0 Å². The zero-order chi connectivity index (χ0) is 13.3. The molecule has 2 aromatic carbocycles. The second kappa shape index (κ2) is 4.45. The summed E-state index contributed by atoms with van der Waals surface area (Å²) in [6.07, 6.45) is 0. The molecule has 0 bridgehead atoms. The van der Waals surface area contributed by atoms with Crippen LogP contribution in [0.4, 0.5) is 0 Å². The van der Waals surface area contributed by atoms with Gasteiger partial charge in [-0.1, -0.05) is 29.8 Å². The highest BCUT2D eigenvalue weighted by molar-refractivity contribution is 5.86. The number of hydrogen-bond donors (Lipinski definition) is 0. The van der Waals surface area contributed by atoms with Crippen LogP contribution in [-0.4, -0.2) is 5.97 Å². The predicted molar refractivity (Wildman–Crippen MR) is 73.8 cm³/mol. The van der Waals surface area contributed by atoms with Crippen LogP contribution in [-0.2, 0) is 4.79 Å². The van der Waals surface area contributed by atoms with Crippen molar-refractivity contribution in [2.75, 3.05) is 0 Å². The van der Waals surface area contributed by atoms with Crippen LogP contribution in [0.25, 0.3) is 10.8 Å². The molecule has 0 aliphatic carbocycles. The van der Waals surface area contributed by atoms with Crippen LogP contribution >= 0.6 is 0 Å². The van der Waals surface area contributed by atoms with Gasteiger partial charge >= 0.3 is 5.97 Å². The van der Waals surface area contributed by atoms with Gasteiger partial charge in [0, 0.05) is 0 Å². The van der Waals surface area contributed by atoms with E-state index in [1.165, 1.54) is 5.56 Å². The summed E-state index contributed by atoms with van der Waals surface area (Å²) >= 11 is 0. The molecular formula is C16H18O2. The largest absolute Gasteiger partial charge is 0.426 e. The lowest BCUT2D eigenvalue weighted by Gasteiger charge is -2.16. The number of hydrogen-bond acceptors (Lipinski definition) is 2. The van der Waals surface area contributed by atoms with E-state index < -0.39 is 5.41 Å². The van der Waals surface area contributed by atoms with E-state index in [-0.39, 0.29) is 5.97 Å². The van der Waals surface area contributed by atoms with Crippen molar-refractivity contribution in [3.05, 3.63) is 42.0 Å². The zero-order valence-electron chi connectivity index (χ0n) is 11.3. The summed E-state index contributed by atoms with van der Waals surface area (Å²) in [6.45, 7) is 7.59. The highest BCUT2D eigenvalue weighted by Crippen LogP contribution is 2.24. The number of ether oxygens (including phenoxy) is 1. The third-order valence-corrected chi connectivity index (χ3v) is 2.79. The molecule has 2 heteroatoms. The van der Waals surface area contributed by atoms with E-state index in [0.717, 1.165) is 10.8 Å². The summed E-state index contributed by atoms with van der Waals surface area (Å²) in [5, 5.41) is 2.24. The number of carbonyl (C=O) groups is 1. The second-order valence-corrected chi connectivity index (χ2v) is 5.65. The van der Waals surface area contributed by atoms with Crippen LogP contribution in [0.1, 0.15) is 26.3 Å². The van der Waals surface area contributed by atoms with Crippen molar-refractivity contribution in [3.8, 4) is 5.75 Å². The first kappa shape index (κ1) is 12.6. The van der Waals surface area contributed by atoms with Crippen molar-refractivity contribution in [1.29, 1.82) is 0 Å². The second-order valence-electron chi connectivity index (χ2n) is 5.65. The predicted octanol–water partition coefficient (Wildman–Crippen LogP) is 4.10. The SMILES string of the molecule is Cc1ccc2ccc(OC(=O)C(C)(C)C)cc2c1. The standard InChI is InChI=1S/C16H18O2/c1-11-5-6-12-7-8-14(10-13(12)9-11)18-15(17)16(2,3)4/h5-10H,1-4H3. The lowest BCUT2D eigenvalue weighted by atomic mass is 9.97. The van der Waals surface area contributed by atoms with Gasteiger partial charge < -0.3 is 4.74 Å². The van der Waals surface area contributed by atoms with Gasteiger partial charge in [0.1, 0.15) is 5.75 Å². The average Bonchev–Trinajstić information content (AvgIpc) is 2.27. The van der Waals surface area contributed by atoms with Crippen molar-refractivity contribution in [2.45, 2.75) is 27.7 Å². The maximum Gasteiger partial charge on any atom is 0.316 e. The third kappa shape index (κ3) is 2.70. The van der Waals surface area contributed by atoms with Crippen LogP contribution in [0.3, 0.4) is 0 Å². The van der Waals surface area contributed by atoms with Gasteiger partial charge in [0.2, 0.25) is 0 Å². The Morgan fingerprint density at radius 1 is 1.00 bits per heavy atom. The molecule has 0 atom stereocenters. The van der Waals surface area contributed by atoms with Crippen molar-refractivity contribution >= 4 is 16.7 Å². The molecule has 2 nitrogen and oxygen atoms in total. The molecule has 0 saturated heterocycles. The summed E-state index contributed by atoms with van der Waals surface area (Å²) in [7, 11) is 0. The van der Waals surface area contributed by atoms with E-state index in [4.69, 9.17) is 4.74 Å². The molecule has 0 unspecified atom stereocenters. The quantitative estimate of drug-likeness (QED) is 0.556. The maximum absolute atomic E-state index is 11.8. The first-order valence-corrected chi connectivity index (χ1v) is 6.09. The Bertz CT molecular complexity index is 592. The topological polar surface area (TPSA) is 26.3 Å². The van der Waals surface area contributed by atoms with E-state index in [1.807, 2.05) is 45.9 Å². The highest BCUT2D eigenvalue weighted by Gasteiger charge is 2.23. The molecule has 2 aromatic rings. The number of esters is 1. The molecule has 94 valence electrons. The fourth-order valence-corrected chi connectivity index (χ4v) is 1.67. The molecule has 0 spiro atoms. The van der Waals surface area contributed by atoms with Crippen LogP contribution in [0.5, 0.6) is 5.75 Å². The maximum atomic E-state index is 11.8. The molecule has 2 rings (SSSR count). The lowest BCUT2D eigenvalue weighted by Crippen LogP contribution is -2.25. The summed E-state index contributed by atoms with van der Waals surface area (Å²) in [5.74, 6) is 0.391. The van der Waals surface area contributed by atoms with Crippen molar-refractivity contribution in [1.82, 2.24) is 0 Å². The Labute approximate surface area is 108 Å². The van der Waals surface area contributed by atoms with Crippen LogP contribution < -0.4 is 4.74 Å². The Balaban J connectivity index is 2.33. The summed E-state index contributed by atoms with van der Waals surface area (Å²) in [5.41, 5.74) is 0.712. The molecule has 0 heterocycles. The monoisotopic (exact) mass is 242 g/mol. The van der Waals surface area contributed by atoms with E-state index in [1.54, 1.807) is 0 Å². The molecule has 0 fully saturated rings. The van der Waals surface area contributed by atoms with Crippen molar-refractivity contribution in [3.63, 3.8) is 0 Å². The molecule has 0 saturated carbocycles. The van der Waals surface area contributed by atoms with Gasteiger partial charge in [-0.25, -0.2) is 0 Å². The normalized spacial score (nSPS) is 11.6. The molecule has 0 aliphatic heterocycles. The summed E-state index contributed by atoms with van der Waals surface area (Å²) in [6, 6.07) is 11.9. The Kier molecular flexibility index (Phi) is 3.12. The van der Waals surface area contributed by atoms with Gasteiger partial charge in [0.25, 0.3) is 0 Å². The minimum atomic E-state index is -0.485. The molecule has 0 aliphatic rings. The third-order valence-electron chi connectivity index (χ3n) is 2.79. The summed E-state index contributed by atoms with van der Waals surface area (Å²) < 4.78 is 5.39. The van der Waals surface area contributed by atoms with Gasteiger partial charge in [-0.05, 0) is 50.6 Å². The lowest BCUT2D eigenvalue weighted by molar-refractivity contribution is -0.142. The molecule has 0 radical (unpaired) electrons. The molecular weight excluding hydrogens is 224 g/mol. The van der Waals surface area contributed by atoms with E-state index in [2.05, 4.69) is 18.2 Å². The minimum Gasteiger partial charge on any atom is -0.426 e. The molecule has 18 heavy (non-hydrogen) atoms. The highest BCUT2D eigenvalue weighted by atomic mass is 16.5. The summed E-state index contributed by atoms with van der Waals surface area (Å²) in [4.78, 5) is 11.8. The number of benzene rings is 2. The van der Waals surface area contributed by atoms with Crippen molar-refractivity contribution in [2.24, 2.45) is 5.41 Å². The first-order chi connectivity index (χ1) is 8.36. The van der Waals surface area contributed by atoms with E-state index >= 15 is 0 Å². The number of aryl methyl sites for hydroxylation is 1. The van der Waals surface area contributed by atoms with Crippen LogP contribution in [0.15, 0.2) is 36.4 Å². The fourth-order valence-electron chi connectivity index (χ4n) is 1.67. The van der Waals surface area contributed by atoms with Gasteiger partial charge in [-0.2, -0.15) is 0 Å². The van der Waals surface area contributed by atoms with E-state index in [9.17, 15) is 4.79 Å². The molecule has 0 amide bonds. The Hall–Kier alpha value is -1.83.